The second-order valence-electron chi connectivity index (χ2n) is 0. The smallest absolute Gasteiger partial charge is 0 e. The Bertz CT molecular complexity index is 7.61. The van der Waals surface area contributed by atoms with Crippen molar-refractivity contribution in [2.75, 3.05) is 0 Å². The van der Waals surface area contributed by atoms with Crippen LogP contribution in [0.4, 0.5) is 0 Å². The molecule has 0 aliphatic heterocycles. The molecule has 2 nitrogen and oxygen atoms in total. The standard InChI is InChI=1S/B2.2H2O.Pd/c1-2;;;/h;2*1H2;. The third-order valence-electron chi connectivity index (χ3n) is 0. The summed E-state index contributed by atoms with van der Waals surface area (Å²) in [5.74, 6) is 0. The first-order valence-electron chi connectivity index (χ1n) is 0.333. The van der Waals surface area contributed by atoms with Crippen molar-refractivity contribution in [2.24, 2.45) is 0 Å². The molecule has 0 spiro atoms. The number of rotatable bonds is 0. The summed E-state index contributed by atoms with van der Waals surface area (Å²) in [7, 11) is 8.00. The molecule has 0 aromatic rings. The fraction of sp³-hybridized carbons (Fsp3) is 0. The first-order valence-corrected chi connectivity index (χ1v) is 0.333. The van der Waals surface area contributed by atoms with Gasteiger partial charge in [0.2, 0.25) is 0 Å². The van der Waals surface area contributed by atoms with Gasteiger partial charge in [0.15, 0.2) is 0 Å². The van der Waals surface area contributed by atoms with Gasteiger partial charge >= 0.3 is 0 Å². The third-order valence-corrected chi connectivity index (χ3v) is 0. The maximum atomic E-state index is 4.00. The van der Waals surface area contributed by atoms with Gasteiger partial charge < -0.3 is 11.0 Å². The van der Waals surface area contributed by atoms with Crippen LogP contribution in [0.15, 0.2) is 0 Å². The van der Waals surface area contributed by atoms with Crippen molar-refractivity contribution in [1.82, 2.24) is 0 Å². The van der Waals surface area contributed by atoms with Crippen LogP contribution in [0.1, 0.15) is 0 Å². The van der Waals surface area contributed by atoms with Gasteiger partial charge in [0.05, 0.1) is 0 Å². The van der Waals surface area contributed by atoms with E-state index < -0.39 is 0 Å². The molecule has 0 aromatic carbocycles. The predicted octanol–water partition coefficient (Wildman–Crippen LogP) is -2.41. The average Bonchev–Trinajstić information content (AvgIpc) is 1.00. The Morgan fingerprint density at radius 1 is 0.800 bits per heavy atom. The van der Waals surface area contributed by atoms with Gasteiger partial charge in [-0.2, -0.15) is 0 Å². The molecule has 4 radical (unpaired) electrons. The van der Waals surface area contributed by atoms with Gasteiger partial charge in [-0.3, -0.25) is 0 Å². The number of hydrogen-bond acceptors (Lipinski definition) is 0. The summed E-state index contributed by atoms with van der Waals surface area (Å²) >= 11 is 0. The summed E-state index contributed by atoms with van der Waals surface area (Å²) in [5, 5.41) is 0. The van der Waals surface area contributed by atoms with E-state index in [-0.39, 0.29) is 31.4 Å². The minimum Gasteiger partial charge on any atom is -0.412 e. The molecule has 0 rings (SSSR count). The Balaban J connectivity index is -0.00000000167. The van der Waals surface area contributed by atoms with Crippen molar-refractivity contribution >= 4 is 15.5 Å². The van der Waals surface area contributed by atoms with Crippen LogP contribution >= 0.6 is 0 Å². The Labute approximate surface area is 47.4 Å². The normalized spacial score (nSPS) is 0.800. The molecule has 0 fully saturated rings. The molecule has 0 aromatic heterocycles. The van der Waals surface area contributed by atoms with Crippen molar-refractivity contribution in [1.29, 1.82) is 0 Å². The van der Waals surface area contributed by atoms with Gasteiger partial charge in [-0.05, 0) is 0 Å². The Kier molecular flexibility index (Phi) is 1110. The van der Waals surface area contributed by atoms with Crippen LogP contribution in [-0.2, 0) is 20.4 Å². The molecular weight excluding hydrogens is 160 g/mol. The fourth-order valence-corrected chi connectivity index (χ4v) is 0. The van der Waals surface area contributed by atoms with Gasteiger partial charge in [-0.25, -0.2) is 0 Å². The second-order valence-corrected chi connectivity index (χ2v) is 0. The first-order chi connectivity index (χ1) is 1.00. The fourth-order valence-electron chi connectivity index (χ4n) is 0. The number of hydrogen-bond donors (Lipinski definition) is 0. The second kappa shape index (κ2) is 128. The molecule has 0 aliphatic rings. The van der Waals surface area contributed by atoms with E-state index in [0.29, 0.717) is 0 Å². The van der Waals surface area contributed by atoms with E-state index in [4.69, 9.17) is 0 Å². The molecule has 32 valence electrons. The van der Waals surface area contributed by atoms with Crippen molar-refractivity contribution in [3.05, 3.63) is 0 Å². The zero-order valence-corrected chi connectivity index (χ0v) is 4.03. The zero-order valence-electron chi connectivity index (χ0n) is 2.47. The summed E-state index contributed by atoms with van der Waals surface area (Å²) in [6, 6.07) is 0. The van der Waals surface area contributed by atoms with Crippen LogP contribution in [0.2, 0.25) is 0 Å². The predicted molar refractivity (Wildman–Crippen MR) is 18.7 cm³/mol. The van der Waals surface area contributed by atoms with E-state index in [0.717, 1.165) is 0 Å². The maximum Gasteiger partial charge on any atom is 0 e. The van der Waals surface area contributed by atoms with Crippen molar-refractivity contribution in [3.63, 3.8) is 0 Å². The summed E-state index contributed by atoms with van der Waals surface area (Å²) in [6.07, 6.45) is 0. The van der Waals surface area contributed by atoms with Crippen molar-refractivity contribution in [2.45, 2.75) is 0 Å². The molecule has 5 heteroatoms. The molecule has 4 N–H and O–H groups in total. The van der Waals surface area contributed by atoms with Crippen LogP contribution < -0.4 is 0 Å². The quantitative estimate of drug-likeness (QED) is 0.358. The molecule has 0 saturated carbocycles. The van der Waals surface area contributed by atoms with Gasteiger partial charge in [0.25, 0.3) is 0 Å². The van der Waals surface area contributed by atoms with Crippen molar-refractivity contribution in [3.8, 4) is 0 Å². The van der Waals surface area contributed by atoms with E-state index in [1.54, 1.807) is 0 Å². The summed E-state index contributed by atoms with van der Waals surface area (Å²) < 4.78 is 0. The summed E-state index contributed by atoms with van der Waals surface area (Å²) in [4.78, 5) is 0. The van der Waals surface area contributed by atoms with Crippen LogP contribution in [0.3, 0.4) is 0 Å². The van der Waals surface area contributed by atoms with Crippen LogP contribution in [0.5, 0.6) is 0 Å². The van der Waals surface area contributed by atoms with Gasteiger partial charge in [-0.1, -0.05) is 0 Å². The summed E-state index contributed by atoms with van der Waals surface area (Å²) in [5.41, 5.74) is 0. The molecule has 5 heavy (non-hydrogen) atoms. The SMILES string of the molecule is O.O.[B][B].[Pd]. The Morgan fingerprint density at radius 3 is 0.800 bits per heavy atom. The molecule has 0 atom stereocenters. The molecule has 0 bridgehead atoms. The molecule has 0 amide bonds. The van der Waals surface area contributed by atoms with E-state index in [9.17, 15) is 0 Å². The maximum absolute atomic E-state index is 4.00. The van der Waals surface area contributed by atoms with Gasteiger partial charge in [0, 0.05) is 35.9 Å². The first kappa shape index (κ1) is 43.3. The molecule has 0 heterocycles. The van der Waals surface area contributed by atoms with Crippen LogP contribution in [0.25, 0.3) is 0 Å². The van der Waals surface area contributed by atoms with Crippen LogP contribution in [0, 0.1) is 0 Å². The van der Waals surface area contributed by atoms with Gasteiger partial charge in [-0.15, -0.1) is 0 Å². The third kappa shape index (κ3) is 68.3. The minimum absolute atomic E-state index is 0. The Morgan fingerprint density at radius 2 is 0.800 bits per heavy atom. The minimum atomic E-state index is 0. The molecule has 0 saturated heterocycles. The van der Waals surface area contributed by atoms with Crippen molar-refractivity contribution < 1.29 is 31.4 Å². The zero-order chi connectivity index (χ0) is 2.00. The molecule has 0 aliphatic carbocycles. The average molecular weight is 164 g/mol. The van der Waals surface area contributed by atoms with E-state index in [1.807, 2.05) is 0 Å². The van der Waals surface area contributed by atoms with E-state index in [2.05, 4.69) is 15.5 Å². The van der Waals surface area contributed by atoms with E-state index in [1.165, 1.54) is 0 Å². The molecule has 0 unspecified atom stereocenters. The monoisotopic (exact) mass is 164 g/mol. The largest absolute Gasteiger partial charge is 0.412 e. The molecular formula is H4B2O2Pd. The Hall–Kier alpha value is 0.712. The van der Waals surface area contributed by atoms with E-state index >= 15 is 0 Å². The summed E-state index contributed by atoms with van der Waals surface area (Å²) in [6.45, 7) is 0. The topological polar surface area (TPSA) is 63.0 Å². The van der Waals surface area contributed by atoms with Crippen LogP contribution in [-0.4, -0.2) is 26.4 Å². The van der Waals surface area contributed by atoms with Gasteiger partial charge in [0.1, 0.15) is 0 Å².